The van der Waals surface area contributed by atoms with E-state index in [9.17, 15) is 9.18 Å². The van der Waals surface area contributed by atoms with Crippen LogP contribution in [0.15, 0.2) is 29.2 Å². The maximum absolute atomic E-state index is 13.2. The quantitative estimate of drug-likeness (QED) is 0.597. The molecule has 0 atom stereocenters. The first-order valence-electron chi connectivity index (χ1n) is 5.50. The lowest BCUT2D eigenvalue weighted by Gasteiger charge is -2.18. The third kappa shape index (κ3) is 2.88. The van der Waals surface area contributed by atoms with Crippen LogP contribution < -0.4 is 0 Å². The second-order valence-electron chi connectivity index (χ2n) is 3.66. The molecular weight excluding hydrogens is 239 g/mol. The molecule has 0 saturated heterocycles. The molecule has 0 spiro atoms. The number of rotatable bonds is 2. The molecule has 2 nitrogen and oxygen atoms in total. The molecule has 17 heavy (non-hydrogen) atoms. The molecule has 0 N–H and O–H groups in total. The van der Waals surface area contributed by atoms with Crippen molar-refractivity contribution in [3.63, 3.8) is 0 Å². The molecule has 0 aliphatic carbocycles. The lowest BCUT2D eigenvalue weighted by Crippen LogP contribution is -2.04. The van der Waals surface area contributed by atoms with Crippen molar-refractivity contribution in [1.82, 2.24) is 0 Å². The minimum atomic E-state index is -0.357. The molecule has 1 aromatic carbocycles. The van der Waals surface area contributed by atoms with Gasteiger partial charge in [-0.25, -0.2) is 9.18 Å². The molecule has 0 unspecified atom stereocenters. The Labute approximate surface area is 104 Å². The van der Waals surface area contributed by atoms with E-state index in [1.165, 1.54) is 18.2 Å². The fourth-order valence-electron chi connectivity index (χ4n) is 1.76. The molecule has 0 aromatic heterocycles. The zero-order valence-corrected chi connectivity index (χ0v) is 10.3. The van der Waals surface area contributed by atoms with Crippen molar-refractivity contribution < 1.29 is 13.9 Å². The number of benzene rings is 1. The van der Waals surface area contributed by atoms with E-state index in [0.717, 1.165) is 28.2 Å². The fourth-order valence-corrected chi connectivity index (χ4v) is 2.81. The average Bonchev–Trinajstić information content (AvgIpc) is 2.30. The molecule has 1 aliphatic rings. The number of esters is 1. The molecule has 0 fully saturated rings. The summed E-state index contributed by atoms with van der Waals surface area (Å²) in [7, 11) is 0. The second-order valence-corrected chi connectivity index (χ2v) is 4.80. The highest BCUT2D eigenvalue weighted by Crippen LogP contribution is 2.37. The van der Waals surface area contributed by atoms with Crippen LogP contribution in [0.4, 0.5) is 4.39 Å². The minimum Gasteiger partial charge on any atom is -0.463 e. The average molecular weight is 252 g/mol. The smallest absolute Gasteiger partial charge is 0.331 e. The van der Waals surface area contributed by atoms with E-state index in [1.54, 1.807) is 24.8 Å². The Morgan fingerprint density at radius 3 is 3.18 bits per heavy atom. The van der Waals surface area contributed by atoms with Gasteiger partial charge < -0.3 is 4.74 Å². The van der Waals surface area contributed by atoms with E-state index in [0.29, 0.717) is 6.61 Å². The van der Waals surface area contributed by atoms with Gasteiger partial charge in [0.1, 0.15) is 5.82 Å². The monoisotopic (exact) mass is 252 g/mol. The van der Waals surface area contributed by atoms with Gasteiger partial charge in [0.2, 0.25) is 0 Å². The highest BCUT2D eigenvalue weighted by Gasteiger charge is 2.16. The van der Waals surface area contributed by atoms with Gasteiger partial charge >= 0.3 is 5.97 Å². The van der Waals surface area contributed by atoms with Crippen LogP contribution >= 0.6 is 11.8 Å². The van der Waals surface area contributed by atoms with Crippen molar-refractivity contribution in [3.05, 3.63) is 35.7 Å². The Balaban J connectivity index is 2.33. The maximum Gasteiger partial charge on any atom is 0.331 e. The minimum absolute atomic E-state index is 0.277. The number of hydrogen-bond donors (Lipinski definition) is 0. The van der Waals surface area contributed by atoms with Crippen LogP contribution in [0.2, 0.25) is 0 Å². The molecule has 90 valence electrons. The molecule has 0 bridgehead atoms. The van der Waals surface area contributed by atoms with Gasteiger partial charge in [0, 0.05) is 16.7 Å². The number of hydrogen-bond acceptors (Lipinski definition) is 3. The van der Waals surface area contributed by atoms with Gasteiger partial charge in [-0.15, -0.1) is 11.8 Å². The fraction of sp³-hybridized carbons (Fsp3) is 0.308. The Morgan fingerprint density at radius 2 is 2.41 bits per heavy atom. The number of thioether (sulfide) groups is 1. The Hall–Kier alpha value is -1.29. The predicted octanol–water partition coefficient (Wildman–Crippen LogP) is 3.27. The summed E-state index contributed by atoms with van der Waals surface area (Å²) in [6, 6.07) is 4.68. The van der Waals surface area contributed by atoms with E-state index in [4.69, 9.17) is 4.74 Å². The first-order chi connectivity index (χ1) is 8.20. The third-order valence-electron chi connectivity index (χ3n) is 2.50. The normalized spacial score (nSPS) is 16.7. The van der Waals surface area contributed by atoms with E-state index in [-0.39, 0.29) is 11.8 Å². The van der Waals surface area contributed by atoms with Crippen molar-refractivity contribution in [1.29, 1.82) is 0 Å². The lowest BCUT2D eigenvalue weighted by molar-refractivity contribution is -0.137. The third-order valence-corrected chi connectivity index (χ3v) is 3.57. The first-order valence-corrected chi connectivity index (χ1v) is 6.49. The van der Waals surface area contributed by atoms with Crippen LogP contribution in [0.1, 0.15) is 18.9 Å². The molecular formula is C13H13FO2S. The largest absolute Gasteiger partial charge is 0.463 e. The number of ether oxygens (including phenoxy) is 1. The van der Waals surface area contributed by atoms with Crippen molar-refractivity contribution in [2.45, 2.75) is 18.2 Å². The van der Waals surface area contributed by atoms with Gasteiger partial charge in [-0.2, -0.15) is 0 Å². The summed E-state index contributed by atoms with van der Waals surface area (Å²) < 4.78 is 18.1. The highest BCUT2D eigenvalue weighted by molar-refractivity contribution is 7.99. The highest BCUT2D eigenvalue weighted by atomic mass is 32.2. The molecule has 2 rings (SSSR count). The molecule has 0 saturated carbocycles. The Morgan fingerprint density at radius 1 is 1.59 bits per heavy atom. The Kier molecular flexibility index (Phi) is 3.84. The van der Waals surface area contributed by atoms with Crippen LogP contribution in [-0.2, 0) is 9.53 Å². The van der Waals surface area contributed by atoms with Gasteiger partial charge in [0.05, 0.1) is 6.61 Å². The predicted molar refractivity (Wildman–Crippen MR) is 66.4 cm³/mol. The lowest BCUT2D eigenvalue weighted by atomic mass is 10.0. The maximum atomic E-state index is 13.2. The number of carbonyl (C=O) groups excluding carboxylic acids is 1. The first kappa shape index (κ1) is 12.2. The Bertz CT molecular complexity index is 468. The molecule has 1 aromatic rings. The zero-order valence-electron chi connectivity index (χ0n) is 9.53. The molecule has 1 heterocycles. The molecule has 0 amide bonds. The van der Waals surface area contributed by atoms with Crippen LogP contribution in [0.25, 0.3) is 5.57 Å². The summed E-state index contributed by atoms with van der Waals surface area (Å²) in [5.41, 5.74) is 1.67. The van der Waals surface area contributed by atoms with E-state index >= 15 is 0 Å². The van der Waals surface area contributed by atoms with Gasteiger partial charge in [-0.05, 0) is 42.7 Å². The SMILES string of the molecule is CCOC(=O)C=C1CCSc2ccc(F)cc21. The van der Waals surface area contributed by atoms with Crippen molar-refractivity contribution in [2.75, 3.05) is 12.4 Å². The van der Waals surface area contributed by atoms with Crippen LogP contribution in [0.5, 0.6) is 0 Å². The van der Waals surface area contributed by atoms with Crippen molar-refractivity contribution in [2.24, 2.45) is 0 Å². The summed E-state index contributed by atoms with van der Waals surface area (Å²) >= 11 is 1.68. The topological polar surface area (TPSA) is 26.3 Å². The summed E-state index contributed by atoms with van der Waals surface area (Å²) in [5, 5.41) is 0. The second kappa shape index (κ2) is 5.36. The van der Waals surface area contributed by atoms with E-state index < -0.39 is 0 Å². The number of fused-ring (bicyclic) bond motifs is 1. The summed E-state index contributed by atoms with van der Waals surface area (Å²) in [6.07, 6.45) is 2.24. The molecule has 4 heteroatoms. The molecule has 0 radical (unpaired) electrons. The number of allylic oxidation sites excluding steroid dienone is 1. The van der Waals surface area contributed by atoms with Gasteiger partial charge in [-0.3, -0.25) is 0 Å². The van der Waals surface area contributed by atoms with Gasteiger partial charge in [0.15, 0.2) is 0 Å². The number of carbonyl (C=O) groups is 1. The van der Waals surface area contributed by atoms with Gasteiger partial charge in [-0.1, -0.05) is 0 Å². The summed E-state index contributed by atoms with van der Waals surface area (Å²) in [6.45, 7) is 2.12. The van der Waals surface area contributed by atoms with Gasteiger partial charge in [0.25, 0.3) is 0 Å². The zero-order chi connectivity index (χ0) is 12.3. The van der Waals surface area contributed by atoms with Crippen molar-refractivity contribution in [3.8, 4) is 0 Å². The van der Waals surface area contributed by atoms with E-state index in [1.807, 2.05) is 0 Å². The van der Waals surface area contributed by atoms with Crippen LogP contribution in [-0.4, -0.2) is 18.3 Å². The molecule has 1 aliphatic heterocycles. The van der Waals surface area contributed by atoms with Crippen LogP contribution in [0, 0.1) is 5.82 Å². The number of halogens is 1. The van der Waals surface area contributed by atoms with E-state index in [2.05, 4.69) is 0 Å². The van der Waals surface area contributed by atoms with Crippen molar-refractivity contribution >= 4 is 23.3 Å². The standard InChI is InChI=1S/C13H13FO2S/c1-2-16-13(15)7-9-5-6-17-12-4-3-10(14)8-11(9)12/h3-4,7-8H,2,5-6H2,1H3. The van der Waals surface area contributed by atoms with Crippen LogP contribution in [0.3, 0.4) is 0 Å². The summed E-state index contributed by atoms with van der Waals surface area (Å²) in [5.74, 6) is 0.273. The summed E-state index contributed by atoms with van der Waals surface area (Å²) in [4.78, 5) is 12.4.